The summed E-state index contributed by atoms with van der Waals surface area (Å²) in [6, 6.07) is 17.0. The molecule has 0 radical (unpaired) electrons. The van der Waals surface area contributed by atoms with Crippen LogP contribution >= 0.6 is 0 Å². The molecule has 0 spiro atoms. The van der Waals surface area contributed by atoms with Gasteiger partial charge in [-0.15, -0.1) is 0 Å². The molecular weight excluding hydrogens is 298 g/mol. The molecule has 124 valence electrons. The van der Waals surface area contributed by atoms with Gasteiger partial charge >= 0.3 is 0 Å². The number of benzene rings is 2. The van der Waals surface area contributed by atoms with Gasteiger partial charge in [0.05, 0.1) is 5.71 Å². The minimum atomic E-state index is 0.371. The van der Waals surface area contributed by atoms with E-state index in [1.54, 1.807) is 6.92 Å². The summed E-state index contributed by atoms with van der Waals surface area (Å²) < 4.78 is 5.78. The Labute approximate surface area is 143 Å². The Balaban J connectivity index is 2.22. The number of hydrogen-bond acceptors (Lipinski definition) is 4. The topological polar surface area (TPSA) is 71.5 Å². The van der Waals surface area contributed by atoms with Gasteiger partial charge in [-0.05, 0) is 57.2 Å². The lowest BCUT2D eigenvalue weighted by Crippen LogP contribution is -2.16. The Morgan fingerprint density at radius 1 is 1.00 bits per heavy atom. The van der Waals surface area contributed by atoms with Crippen LogP contribution in [0.4, 0.5) is 0 Å². The first-order valence-corrected chi connectivity index (χ1v) is 7.93. The molecule has 0 aromatic heterocycles. The van der Waals surface area contributed by atoms with Crippen LogP contribution in [0.25, 0.3) is 0 Å². The fourth-order valence-corrected chi connectivity index (χ4v) is 2.44. The molecule has 0 aliphatic carbocycles. The molecule has 0 aliphatic rings. The van der Waals surface area contributed by atoms with Gasteiger partial charge in [-0.2, -0.15) is 0 Å². The van der Waals surface area contributed by atoms with Crippen LogP contribution < -0.4 is 10.5 Å². The van der Waals surface area contributed by atoms with Crippen LogP contribution in [0.1, 0.15) is 26.3 Å². The molecule has 0 aliphatic heterocycles. The number of aliphatic imine (C=N–C) groups is 1. The summed E-state index contributed by atoms with van der Waals surface area (Å²) in [4.78, 5) is 4.38. The van der Waals surface area contributed by atoms with Gasteiger partial charge in [0.15, 0.2) is 0 Å². The summed E-state index contributed by atoms with van der Waals surface area (Å²) in [7, 11) is 0. The predicted molar refractivity (Wildman–Crippen MR) is 100 cm³/mol. The Morgan fingerprint density at radius 2 is 1.58 bits per heavy atom. The number of nitrogens with two attached hydrogens (primary N) is 1. The number of ether oxygens (including phenoxy) is 1. The van der Waals surface area contributed by atoms with Gasteiger partial charge in [-0.3, -0.25) is 10.4 Å². The summed E-state index contributed by atoms with van der Waals surface area (Å²) in [6.45, 7) is 6.31. The number of hydrogen-bond donors (Lipinski definition) is 2. The summed E-state index contributed by atoms with van der Waals surface area (Å²) in [5.41, 5.74) is 9.19. The standard InChI is InChI=1S/C20H23N3O/c1-4-23-15(3)19(14(2)21)20(22)16-10-12-18(13-11-16)24-17-8-6-5-7-9-17/h5-13,22H,4,21H2,1-3H3/b19-14-,22-20?,23-15?. The van der Waals surface area contributed by atoms with Crippen LogP contribution in [-0.2, 0) is 0 Å². The van der Waals surface area contributed by atoms with Gasteiger partial charge in [0.1, 0.15) is 11.5 Å². The normalized spacial score (nSPS) is 12.5. The third-order valence-corrected chi connectivity index (χ3v) is 3.52. The number of allylic oxidation sites excluding steroid dienone is 2. The fourth-order valence-electron chi connectivity index (χ4n) is 2.44. The van der Waals surface area contributed by atoms with Crippen molar-refractivity contribution in [2.45, 2.75) is 20.8 Å². The fraction of sp³-hybridized carbons (Fsp3) is 0.200. The molecule has 24 heavy (non-hydrogen) atoms. The molecule has 0 bridgehead atoms. The van der Waals surface area contributed by atoms with Crippen LogP contribution in [0.3, 0.4) is 0 Å². The maximum atomic E-state index is 8.46. The van der Waals surface area contributed by atoms with E-state index in [4.69, 9.17) is 15.9 Å². The minimum absolute atomic E-state index is 0.371. The van der Waals surface area contributed by atoms with Gasteiger partial charge < -0.3 is 10.5 Å². The van der Waals surface area contributed by atoms with E-state index in [0.29, 0.717) is 23.5 Å². The molecule has 3 N–H and O–H groups in total. The predicted octanol–water partition coefficient (Wildman–Crippen LogP) is 4.56. The van der Waals surface area contributed by atoms with E-state index in [9.17, 15) is 0 Å². The molecule has 0 saturated heterocycles. The summed E-state index contributed by atoms with van der Waals surface area (Å²) in [6.07, 6.45) is 0. The highest BCUT2D eigenvalue weighted by Gasteiger charge is 2.13. The van der Waals surface area contributed by atoms with Crippen molar-refractivity contribution in [3.05, 3.63) is 71.4 Å². The summed E-state index contributed by atoms with van der Waals surface area (Å²) in [5, 5.41) is 8.46. The second-order valence-corrected chi connectivity index (χ2v) is 5.43. The van der Waals surface area contributed by atoms with E-state index in [0.717, 1.165) is 22.8 Å². The Kier molecular flexibility index (Phi) is 5.90. The number of rotatable bonds is 6. The lowest BCUT2D eigenvalue weighted by atomic mass is 9.97. The highest BCUT2D eigenvalue weighted by molar-refractivity contribution is 6.28. The SMILES string of the molecule is CCN=C(C)/C(C(=N)c1ccc(Oc2ccccc2)cc1)=C(\C)N. The first kappa shape index (κ1) is 17.5. The van der Waals surface area contributed by atoms with Gasteiger partial charge in [0, 0.05) is 29.1 Å². The molecule has 4 heteroatoms. The van der Waals surface area contributed by atoms with E-state index >= 15 is 0 Å². The summed E-state index contributed by atoms with van der Waals surface area (Å²) in [5.74, 6) is 1.51. The molecule has 0 amide bonds. The third-order valence-electron chi connectivity index (χ3n) is 3.52. The highest BCUT2D eigenvalue weighted by Crippen LogP contribution is 2.22. The average molecular weight is 321 g/mol. The van der Waals surface area contributed by atoms with Crippen LogP contribution in [0.2, 0.25) is 0 Å². The minimum Gasteiger partial charge on any atom is -0.457 e. The molecule has 2 rings (SSSR count). The molecule has 2 aromatic carbocycles. The summed E-state index contributed by atoms with van der Waals surface area (Å²) >= 11 is 0. The van der Waals surface area contributed by atoms with Gasteiger partial charge in [-0.25, -0.2) is 0 Å². The van der Waals surface area contributed by atoms with Crippen LogP contribution in [0, 0.1) is 5.41 Å². The quantitative estimate of drug-likeness (QED) is 0.766. The first-order chi connectivity index (χ1) is 11.5. The molecule has 4 nitrogen and oxygen atoms in total. The van der Waals surface area contributed by atoms with Gasteiger partial charge in [0.2, 0.25) is 0 Å². The van der Waals surface area contributed by atoms with E-state index in [1.165, 1.54) is 0 Å². The van der Waals surface area contributed by atoms with Crippen molar-refractivity contribution in [1.29, 1.82) is 5.41 Å². The van der Waals surface area contributed by atoms with Crippen LogP contribution in [0.5, 0.6) is 11.5 Å². The van der Waals surface area contributed by atoms with Crippen LogP contribution in [-0.4, -0.2) is 18.0 Å². The van der Waals surface area contributed by atoms with Crippen molar-refractivity contribution >= 4 is 11.4 Å². The molecule has 0 saturated carbocycles. The Hall–Kier alpha value is -2.88. The van der Waals surface area contributed by atoms with E-state index < -0.39 is 0 Å². The average Bonchev–Trinajstić information content (AvgIpc) is 2.56. The molecule has 0 atom stereocenters. The first-order valence-electron chi connectivity index (χ1n) is 7.93. The third kappa shape index (κ3) is 4.32. The van der Waals surface area contributed by atoms with Gasteiger partial charge in [-0.1, -0.05) is 18.2 Å². The molecule has 2 aromatic rings. The highest BCUT2D eigenvalue weighted by atomic mass is 16.5. The zero-order valence-corrected chi connectivity index (χ0v) is 14.3. The monoisotopic (exact) mass is 321 g/mol. The lowest BCUT2D eigenvalue weighted by Gasteiger charge is -2.12. The molecule has 0 fully saturated rings. The largest absolute Gasteiger partial charge is 0.457 e. The molecule has 0 unspecified atom stereocenters. The molecular formula is C20H23N3O. The maximum absolute atomic E-state index is 8.46. The van der Waals surface area contributed by atoms with E-state index in [2.05, 4.69) is 4.99 Å². The van der Waals surface area contributed by atoms with Gasteiger partial charge in [0.25, 0.3) is 0 Å². The second-order valence-electron chi connectivity index (χ2n) is 5.43. The van der Waals surface area contributed by atoms with Crippen molar-refractivity contribution in [1.82, 2.24) is 0 Å². The van der Waals surface area contributed by atoms with Crippen molar-refractivity contribution < 1.29 is 4.74 Å². The maximum Gasteiger partial charge on any atom is 0.127 e. The Bertz CT molecular complexity index is 755. The zero-order chi connectivity index (χ0) is 17.5. The number of nitrogens with zero attached hydrogens (tertiary/aromatic N) is 1. The van der Waals surface area contributed by atoms with Crippen molar-refractivity contribution in [3.8, 4) is 11.5 Å². The number of nitrogens with one attached hydrogen (secondary N) is 1. The zero-order valence-electron chi connectivity index (χ0n) is 14.3. The van der Waals surface area contributed by atoms with E-state index in [-0.39, 0.29) is 0 Å². The van der Waals surface area contributed by atoms with Crippen molar-refractivity contribution in [3.63, 3.8) is 0 Å². The lowest BCUT2D eigenvalue weighted by molar-refractivity contribution is 0.482. The molecule has 0 heterocycles. The van der Waals surface area contributed by atoms with Crippen molar-refractivity contribution in [2.24, 2.45) is 10.7 Å². The Morgan fingerprint density at radius 3 is 2.12 bits per heavy atom. The second kappa shape index (κ2) is 8.11. The number of para-hydroxylation sites is 1. The van der Waals surface area contributed by atoms with E-state index in [1.807, 2.05) is 68.4 Å². The van der Waals surface area contributed by atoms with Crippen LogP contribution in [0.15, 0.2) is 70.9 Å². The van der Waals surface area contributed by atoms with Crippen molar-refractivity contribution in [2.75, 3.05) is 6.54 Å². The smallest absolute Gasteiger partial charge is 0.127 e.